The summed E-state index contributed by atoms with van der Waals surface area (Å²) in [6, 6.07) is 0. The van der Waals surface area contributed by atoms with Gasteiger partial charge in [0.05, 0.1) is 6.61 Å². The highest BCUT2D eigenvalue weighted by molar-refractivity contribution is 6.70. The SMILES string of the molecule is C=C(O[Si](C)(C)C)/C(Cl)=C(/OCC)O[Si](C)(C)C. The average Bonchev–Trinajstić information content (AvgIpc) is 2.11. The minimum absolute atomic E-state index is 0.335. The third kappa shape index (κ3) is 7.84. The van der Waals surface area contributed by atoms with Gasteiger partial charge in [0.2, 0.25) is 16.6 Å². The van der Waals surface area contributed by atoms with Crippen LogP contribution in [0.5, 0.6) is 0 Å². The quantitative estimate of drug-likeness (QED) is 0.389. The topological polar surface area (TPSA) is 27.7 Å². The van der Waals surface area contributed by atoms with Gasteiger partial charge < -0.3 is 13.6 Å². The minimum Gasteiger partial charge on any atom is -0.544 e. The largest absolute Gasteiger partial charge is 0.544 e. The second-order valence-corrected chi connectivity index (χ2v) is 15.1. The van der Waals surface area contributed by atoms with Gasteiger partial charge in [-0.25, -0.2) is 0 Å². The lowest BCUT2D eigenvalue weighted by Crippen LogP contribution is -2.28. The molecule has 3 nitrogen and oxygen atoms in total. The van der Waals surface area contributed by atoms with E-state index in [0.29, 0.717) is 23.3 Å². The van der Waals surface area contributed by atoms with Crippen molar-refractivity contribution >= 4 is 28.2 Å². The van der Waals surface area contributed by atoms with Crippen molar-refractivity contribution in [1.82, 2.24) is 0 Å². The molecule has 0 saturated carbocycles. The maximum atomic E-state index is 6.24. The first kappa shape index (κ1) is 17.6. The van der Waals surface area contributed by atoms with E-state index in [-0.39, 0.29) is 0 Å². The fourth-order valence-corrected chi connectivity index (χ4v) is 2.89. The molecular formula is C12H25ClO3Si2. The summed E-state index contributed by atoms with van der Waals surface area (Å²) in [7, 11) is -3.51. The van der Waals surface area contributed by atoms with Crippen LogP contribution >= 0.6 is 11.6 Å². The average molecular weight is 309 g/mol. The van der Waals surface area contributed by atoms with Gasteiger partial charge in [-0.3, -0.25) is 0 Å². The standard InChI is InChI=1S/C12H25ClO3Si2/c1-9-14-12(16-18(6,7)8)11(13)10(2)15-17(3,4)5/h2,9H2,1,3-8H3/b12-11+. The molecule has 0 bridgehead atoms. The molecule has 0 aromatic rings. The van der Waals surface area contributed by atoms with Crippen LogP contribution in [0.4, 0.5) is 0 Å². The summed E-state index contributed by atoms with van der Waals surface area (Å²) in [5.74, 6) is 0.763. The zero-order valence-electron chi connectivity index (χ0n) is 12.5. The maximum absolute atomic E-state index is 6.24. The van der Waals surface area contributed by atoms with Crippen LogP contribution in [0.25, 0.3) is 0 Å². The van der Waals surface area contributed by atoms with Gasteiger partial charge in [-0.1, -0.05) is 18.2 Å². The van der Waals surface area contributed by atoms with E-state index in [0.717, 1.165) is 0 Å². The molecule has 0 aliphatic rings. The predicted octanol–water partition coefficient (Wildman–Crippen LogP) is 4.65. The number of rotatable bonds is 7. The van der Waals surface area contributed by atoms with Gasteiger partial charge in [-0.2, -0.15) is 0 Å². The Morgan fingerprint density at radius 1 is 1.00 bits per heavy atom. The van der Waals surface area contributed by atoms with Crippen LogP contribution in [0.15, 0.2) is 23.3 Å². The Bertz CT molecular complexity index is 327. The fourth-order valence-electron chi connectivity index (χ4n) is 1.08. The van der Waals surface area contributed by atoms with Crippen molar-refractivity contribution in [2.45, 2.75) is 46.2 Å². The van der Waals surface area contributed by atoms with Crippen LogP contribution in [0, 0.1) is 0 Å². The summed E-state index contributed by atoms with van der Waals surface area (Å²) >= 11 is 6.24. The van der Waals surface area contributed by atoms with Crippen molar-refractivity contribution in [2.24, 2.45) is 0 Å². The molecule has 0 N–H and O–H groups in total. The van der Waals surface area contributed by atoms with E-state index < -0.39 is 16.6 Å². The van der Waals surface area contributed by atoms with Gasteiger partial charge in [0.15, 0.2) is 5.03 Å². The summed E-state index contributed by atoms with van der Waals surface area (Å²) in [4.78, 5) is 0. The molecule has 0 aliphatic carbocycles. The first-order valence-corrected chi connectivity index (χ1v) is 13.3. The highest BCUT2D eigenvalue weighted by Crippen LogP contribution is 2.26. The highest BCUT2D eigenvalue weighted by atomic mass is 35.5. The Labute approximate surface area is 118 Å². The maximum Gasteiger partial charge on any atom is 0.288 e. The molecule has 0 aliphatic heterocycles. The van der Waals surface area contributed by atoms with Crippen LogP contribution in [0.2, 0.25) is 39.3 Å². The van der Waals surface area contributed by atoms with Gasteiger partial charge in [-0.15, -0.1) is 0 Å². The Kier molecular flexibility index (Phi) is 6.53. The molecule has 18 heavy (non-hydrogen) atoms. The molecule has 0 aromatic heterocycles. The highest BCUT2D eigenvalue weighted by Gasteiger charge is 2.25. The van der Waals surface area contributed by atoms with Crippen molar-refractivity contribution in [2.75, 3.05) is 6.61 Å². The molecule has 0 spiro atoms. The third-order valence-corrected chi connectivity index (χ3v) is 3.55. The van der Waals surface area contributed by atoms with E-state index in [4.69, 9.17) is 25.2 Å². The van der Waals surface area contributed by atoms with E-state index in [1.807, 2.05) is 6.92 Å². The Morgan fingerprint density at radius 2 is 1.44 bits per heavy atom. The van der Waals surface area contributed by atoms with Crippen LogP contribution < -0.4 is 0 Å². The van der Waals surface area contributed by atoms with Crippen LogP contribution in [-0.2, 0) is 13.6 Å². The lowest BCUT2D eigenvalue weighted by molar-refractivity contribution is 0.109. The van der Waals surface area contributed by atoms with Crippen molar-refractivity contribution in [3.63, 3.8) is 0 Å². The van der Waals surface area contributed by atoms with E-state index in [9.17, 15) is 0 Å². The molecule has 6 heteroatoms. The molecule has 0 fully saturated rings. The van der Waals surface area contributed by atoms with E-state index in [2.05, 4.69) is 45.9 Å². The molecule has 0 atom stereocenters. The Balaban J connectivity index is 5.03. The van der Waals surface area contributed by atoms with Crippen LogP contribution in [0.1, 0.15) is 6.92 Å². The van der Waals surface area contributed by atoms with Crippen LogP contribution in [0.3, 0.4) is 0 Å². The number of hydrogen-bond donors (Lipinski definition) is 0. The van der Waals surface area contributed by atoms with Gasteiger partial charge in [-0.05, 0) is 46.2 Å². The normalized spacial score (nSPS) is 13.8. The molecule has 0 amide bonds. The van der Waals surface area contributed by atoms with E-state index in [1.165, 1.54) is 0 Å². The number of hydrogen-bond acceptors (Lipinski definition) is 3. The van der Waals surface area contributed by atoms with Crippen molar-refractivity contribution in [3.8, 4) is 0 Å². The van der Waals surface area contributed by atoms with Gasteiger partial charge >= 0.3 is 0 Å². The number of allylic oxidation sites excluding steroid dienone is 1. The van der Waals surface area contributed by atoms with E-state index in [1.54, 1.807) is 0 Å². The van der Waals surface area contributed by atoms with Gasteiger partial charge in [0.25, 0.3) is 5.95 Å². The lowest BCUT2D eigenvalue weighted by atomic mass is 10.5. The van der Waals surface area contributed by atoms with E-state index >= 15 is 0 Å². The predicted molar refractivity (Wildman–Crippen MR) is 82.5 cm³/mol. The van der Waals surface area contributed by atoms with Gasteiger partial charge in [0, 0.05) is 0 Å². The molecule has 0 rings (SSSR count). The molecule has 106 valence electrons. The second-order valence-electron chi connectivity index (χ2n) is 5.89. The summed E-state index contributed by atoms with van der Waals surface area (Å²) in [6.45, 7) is 18.7. The van der Waals surface area contributed by atoms with Crippen LogP contribution in [-0.4, -0.2) is 23.2 Å². The van der Waals surface area contributed by atoms with Crippen molar-refractivity contribution in [1.29, 1.82) is 0 Å². The number of halogens is 1. The monoisotopic (exact) mass is 308 g/mol. The second kappa shape index (κ2) is 6.68. The molecule has 0 radical (unpaired) electrons. The summed E-state index contributed by atoms with van der Waals surface area (Å²) < 4.78 is 17.0. The summed E-state index contributed by atoms with van der Waals surface area (Å²) in [5, 5.41) is 0.335. The Hall–Kier alpha value is -0.396. The van der Waals surface area contributed by atoms with Crippen molar-refractivity contribution in [3.05, 3.63) is 23.3 Å². The minimum atomic E-state index is -1.78. The first-order chi connectivity index (χ1) is 7.96. The summed E-state index contributed by atoms with van der Waals surface area (Å²) in [5.41, 5.74) is 0. The summed E-state index contributed by atoms with van der Waals surface area (Å²) in [6.07, 6.45) is 0. The molecule has 0 unspecified atom stereocenters. The molecule has 0 heterocycles. The molecule has 0 aromatic carbocycles. The fraction of sp³-hybridized carbons (Fsp3) is 0.667. The first-order valence-electron chi connectivity index (χ1n) is 6.06. The molecule has 0 saturated heterocycles. The smallest absolute Gasteiger partial charge is 0.288 e. The lowest BCUT2D eigenvalue weighted by Gasteiger charge is -2.25. The zero-order chi connectivity index (χ0) is 14.6. The molecular weight excluding hydrogens is 284 g/mol. The number of ether oxygens (including phenoxy) is 1. The third-order valence-electron chi connectivity index (χ3n) is 1.53. The Morgan fingerprint density at radius 3 is 1.78 bits per heavy atom. The zero-order valence-corrected chi connectivity index (χ0v) is 15.3. The van der Waals surface area contributed by atoms with Gasteiger partial charge in [0.1, 0.15) is 5.76 Å². The van der Waals surface area contributed by atoms with Crippen molar-refractivity contribution < 1.29 is 13.6 Å².